The summed E-state index contributed by atoms with van der Waals surface area (Å²) in [5.41, 5.74) is -0.0247. The van der Waals surface area contributed by atoms with Gasteiger partial charge in [0.25, 0.3) is 0 Å². The number of hydrogen-bond acceptors (Lipinski definition) is 2. The highest BCUT2D eigenvalue weighted by Crippen LogP contribution is 2.36. The molecule has 3 nitrogen and oxygen atoms in total. The number of fused-ring (bicyclic) bond motifs is 1. The molecular formula is C12H10F3NO2. The van der Waals surface area contributed by atoms with E-state index in [1.54, 1.807) is 13.0 Å². The first-order chi connectivity index (χ1) is 8.32. The van der Waals surface area contributed by atoms with Crippen molar-refractivity contribution in [1.29, 1.82) is 0 Å². The van der Waals surface area contributed by atoms with Crippen LogP contribution in [0.3, 0.4) is 0 Å². The van der Waals surface area contributed by atoms with Gasteiger partial charge in [0, 0.05) is 10.9 Å². The van der Waals surface area contributed by atoms with Crippen molar-refractivity contribution in [2.24, 2.45) is 0 Å². The lowest BCUT2D eigenvalue weighted by Gasteiger charge is -2.08. The molecule has 1 aromatic carbocycles. The fraction of sp³-hybridized carbons (Fsp3) is 0.250. The Morgan fingerprint density at radius 2 is 1.94 bits per heavy atom. The van der Waals surface area contributed by atoms with E-state index in [1.165, 1.54) is 7.11 Å². The van der Waals surface area contributed by atoms with Crippen LogP contribution in [0.4, 0.5) is 13.2 Å². The van der Waals surface area contributed by atoms with E-state index >= 15 is 0 Å². The highest BCUT2D eigenvalue weighted by Gasteiger charge is 2.33. The molecule has 0 aliphatic rings. The van der Waals surface area contributed by atoms with Gasteiger partial charge >= 0.3 is 12.1 Å². The maximum atomic E-state index is 12.9. The molecule has 0 atom stereocenters. The van der Waals surface area contributed by atoms with Gasteiger partial charge in [-0.1, -0.05) is 0 Å². The van der Waals surface area contributed by atoms with Crippen molar-refractivity contribution in [2.45, 2.75) is 13.1 Å². The standard InChI is InChI=1S/C12H10F3NO2/c1-6-3-8(12(13,14)15)7-5-10(11(17)18-2)16-9(7)4-6/h3-5,16H,1-2H3. The van der Waals surface area contributed by atoms with Gasteiger partial charge in [0.15, 0.2) is 0 Å². The number of benzene rings is 1. The first kappa shape index (κ1) is 12.5. The summed E-state index contributed by atoms with van der Waals surface area (Å²) in [4.78, 5) is 13.9. The van der Waals surface area contributed by atoms with Gasteiger partial charge < -0.3 is 9.72 Å². The maximum Gasteiger partial charge on any atom is 0.417 e. The molecule has 0 saturated carbocycles. The van der Waals surface area contributed by atoms with E-state index in [4.69, 9.17) is 0 Å². The van der Waals surface area contributed by atoms with Crippen LogP contribution in [0.1, 0.15) is 21.6 Å². The average Bonchev–Trinajstić information content (AvgIpc) is 2.68. The SMILES string of the molecule is COC(=O)c1cc2c(C(F)(F)F)cc(C)cc2[nH]1. The Bertz CT molecular complexity index is 614. The third-order valence-corrected chi connectivity index (χ3v) is 2.59. The number of ether oxygens (including phenoxy) is 1. The smallest absolute Gasteiger partial charge is 0.417 e. The Kier molecular flexibility index (Phi) is 2.80. The second kappa shape index (κ2) is 4.04. The Labute approximate surface area is 101 Å². The minimum Gasteiger partial charge on any atom is -0.464 e. The Morgan fingerprint density at radius 3 is 2.50 bits per heavy atom. The van der Waals surface area contributed by atoms with E-state index in [9.17, 15) is 18.0 Å². The number of halogens is 3. The first-order valence-corrected chi connectivity index (χ1v) is 5.12. The van der Waals surface area contributed by atoms with Crippen LogP contribution in [-0.2, 0) is 10.9 Å². The number of hydrogen-bond donors (Lipinski definition) is 1. The van der Waals surface area contributed by atoms with Gasteiger partial charge in [-0.25, -0.2) is 4.79 Å². The van der Waals surface area contributed by atoms with Crippen LogP contribution in [0.25, 0.3) is 10.9 Å². The minimum absolute atomic E-state index is 0.00333. The second-order valence-electron chi connectivity index (χ2n) is 3.95. The first-order valence-electron chi connectivity index (χ1n) is 5.12. The summed E-state index contributed by atoms with van der Waals surface area (Å²) < 4.78 is 43.1. The quantitative estimate of drug-likeness (QED) is 0.796. The number of nitrogens with one attached hydrogen (secondary N) is 1. The monoisotopic (exact) mass is 257 g/mol. The van der Waals surface area contributed by atoms with Crippen molar-refractivity contribution in [3.05, 3.63) is 35.0 Å². The highest BCUT2D eigenvalue weighted by molar-refractivity contribution is 5.96. The molecule has 0 bridgehead atoms. The molecule has 96 valence electrons. The Hall–Kier alpha value is -1.98. The number of alkyl halides is 3. The number of H-pyrrole nitrogens is 1. The van der Waals surface area contributed by atoms with Gasteiger partial charge in [-0.05, 0) is 30.7 Å². The molecule has 0 saturated heterocycles. The normalized spacial score (nSPS) is 11.8. The van der Waals surface area contributed by atoms with Crippen LogP contribution in [0.2, 0.25) is 0 Å². The molecular weight excluding hydrogens is 247 g/mol. The number of aryl methyl sites for hydroxylation is 1. The zero-order valence-electron chi connectivity index (χ0n) is 9.68. The molecule has 0 aliphatic heterocycles. The minimum atomic E-state index is -4.46. The number of rotatable bonds is 1. The van der Waals surface area contributed by atoms with Gasteiger partial charge in [-0.15, -0.1) is 0 Å². The molecule has 0 fully saturated rings. The van der Waals surface area contributed by atoms with E-state index in [2.05, 4.69) is 9.72 Å². The van der Waals surface area contributed by atoms with Crippen LogP contribution in [0.5, 0.6) is 0 Å². The Morgan fingerprint density at radius 1 is 1.28 bits per heavy atom. The van der Waals surface area contributed by atoms with Crippen LogP contribution in [-0.4, -0.2) is 18.1 Å². The fourth-order valence-corrected chi connectivity index (χ4v) is 1.84. The van der Waals surface area contributed by atoms with Crippen LogP contribution < -0.4 is 0 Å². The van der Waals surface area contributed by atoms with E-state index < -0.39 is 17.7 Å². The molecule has 2 rings (SSSR count). The van der Waals surface area contributed by atoms with Gasteiger partial charge in [0.2, 0.25) is 0 Å². The van der Waals surface area contributed by atoms with Gasteiger partial charge in [-0.2, -0.15) is 13.2 Å². The summed E-state index contributed by atoms with van der Waals surface area (Å²) >= 11 is 0. The zero-order valence-corrected chi connectivity index (χ0v) is 9.68. The molecule has 1 heterocycles. The number of carbonyl (C=O) groups is 1. The van der Waals surface area contributed by atoms with E-state index in [0.29, 0.717) is 5.56 Å². The van der Waals surface area contributed by atoms with Crippen molar-refractivity contribution < 1.29 is 22.7 Å². The highest BCUT2D eigenvalue weighted by atomic mass is 19.4. The van der Waals surface area contributed by atoms with E-state index in [0.717, 1.165) is 12.1 Å². The molecule has 0 aliphatic carbocycles. The van der Waals surface area contributed by atoms with E-state index in [-0.39, 0.29) is 16.6 Å². The zero-order chi connectivity index (χ0) is 13.5. The van der Waals surface area contributed by atoms with Gasteiger partial charge in [-0.3, -0.25) is 0 Å². The number of carbonyl (C=O) groups excluding carboxylic acids is 1. The predicted molar refractivity (Wildman–Crippen MR) is 59.4 cm³/mol. The van der Waals surface area contributed by atoms with Crippen molar-refractivity contribution >= 4 is 16.9 Å². The summed E-state index contributed by atoms with van der Waals surface area (Å²) in [6, 6.07) is 3.76. The molecule has 0 unspecified atom stereocenters. The largest absolute Gasteiger partial charge is 0.464 e. The molecule has 0 amide bonds. The lowest BCUT2D eigenvalue weighted by atomic mass is 10.1. The summed E-state index contributed by atoms with van der Waals surface area (Å²) in [7, 11) is 1.17. The molecule has 1 aromatic heterocycles. The number of aromatic amines is 1. The van der Waals surface area contributed by atoms with Crippen molar-refractivity contribution in [3.8, 4) is 0 Å². The molecule has 1 N–H and O–H groups in total. The van der Waals surface area contributed by atoms with Crippen molar-refractivity contribution in [3.63, 3.8) is 0 Å². The summed E-state index contributed by atoms with van der Waals surface area (Å²) in [6.07, 6.45) is -4.46. The molecule has 0 spiro atoms. The molecule has 2 aromatic rings. The molecule has 18 heavy (non-hydrogen) atoms. The lowest BCUT2D eigenvalue weighted by molar-refractivity contribution is -0.136. The summed E-state index contributed by atoms with van der Waals surface area (Å²) in [5, 5.41) is -0.0338. The second-order valence-corrected chi connectivity index (χ2v) is 3.95. The molecule has 6 heteroatoms. The van der Waals surface area contributed by atoms with Gasteiger partial charge in [0.05, 0.1) is 12.7 Å². The summed E-state index contributed by atoms with van der Waals surface area (Å²) in [6.45, 7) is 1.56. The average molecular weight is 257 g/mol. The van der Waals surface area contributed by atoms with Crippen LogP contribution in [0.15, 0.2) is 18.2 Å². The van der Waals surface area contributed by atoms with Crippen LogP contribution in [0, 0.1) is 6.92 Å². The van der Waals surface area contributed by atoms with E-state index in [1.807, 2.05) is 0 Å². The topological polar surface area (TPSA) is 42.1 Å². The fourth-order valence-electron chi connectivity index (χ4n) is 1.84. The van der Waals surface area contributed by atoms with Gasteiger partial charge in [0.1, 0.15) is 5.69 Å². The number of methoxy groups -OCH3 is 1. The van der Waals surface area contributed by atoms with Crippen molar-refractivity contribution in [1.82, 2.24) is 4.98 Å². The Balaban J connectivity index is 2.72. The third kappa shape index (κ3) is 2.05. The lowest BCUT2D eigenvalue weighted by Crippen LogP contribution is -2.05. The predicted octanol–water partition coefficient (Wildman–Crippen LogP) is 3.28. The maximum absolute atomic E-state index is 12.9. The molecule has 0 radical (unpaired) electrons. The van der Waals surface area contributed by atoms with Crippen molar-refractivity contribution in [2.75, 3.05) is 7.11 Å². The number of aromatic nitrogens is 1. The number of esters is 1. The summed E-state index contributed by atoms with van der Waals surface area (Å²) in [5.74, 6) is -0.697. The van der Waals surface area contributed by atoms with Crippen LogP contribution >= 0.6 is 0 Å². The third-order valence-electron chi connectivity index (χ3n) is 2.59.